The van der Waals surface area contributed by atoms with Crippen LogP contribution in [-0.4, -0.2) is 9.91 Å². The second kappa shape index (κ2) is 3.10. The van der Waals surface area contributed by atoms with Crippen molar-refractivity contribution in [2.24, 2.45) is 0 Å². The van der Waals surface area contributed by atoms with Crippen LogP contribution in [0, 0.1) is 28.4 Å². The molecule has 0 unspecified atom stereocenters. The summed E-state index contributed by atoms with van der Waals surface area (Å²) in [7, 11) is 0. The van der Waals surface area contributed by atoms with E-state index in [2.05, 4.69) is 4.98 Å². The topological polar surface area (TPSA) is 82.7 Å². The van der Waals surface area contributed by atoms with Gasteiger partial charge >= 0.3 is 0 Å². The van der Waals surface area contributed by atoms with Gasteiger partial charge in [-0.25, -0.2) is 0 Å². The van der Waals surface area contributed by atoms with Crippen molar-refractivity contribution in [2.45, 2.75) is 6.92 Å². The fourth-order valence-corrected chi connectivity index (χ4v) is 1.66. The number of rotatable bonds is 1. The highest BCUT2D eigenvalue weighted by atomic mass is 16.6. The van der Waals surface area contributed by atoms with Crippen LogP contribution < -0.4 is 0 Å². The van der Waals surface area contributed by atoms with E-state index in [9.17, 15) is 10.1 Å². The van der Waals surface area contributed by atoms with E-state index in [4.69, 9.17) is 5.26 Å². The molecule has 5 heteroatoms. The molecule has 74 valence electrons. The van der Waals surface area contributed by atoms with Gasteiger partial charge in [-0.1, -0.05) is 6.07 Å². The molecule has 1 N–H and O–H groups in total. The number of hydrogen-bond donors (Lipinski definition) is 1. The number of aryl methyl sites for hydroxylation is 1. The monoisotopic (exact) mass is 201 g/mol. The van der Waals surface area contributed by atoms with Gasteiger partial charge in [0.1, 0.15) is 6.07 Å². The van der Waals surface area contributed by atoms with Crippen LogP contribution in [-0.2, 0) is 0 Å². The molecular formula is C10H7N3O2. The van der Waals surface area contributed by atoms with Gasteiger partial charge in [-0.15, -0.1) is 0 Å². The number of aromatic amines is 1. The maximum Gasteiger partial charge on any atom is 0.297 e. The van der Waals surface area contributed by atoms with Crippen molar-refractivity contribution in [1.29, 1.82) is 5.26 Å². The van der Waals surface area contributed by atoms with Crippen LogP contribution in [0.4, 0.5) is 5.69 Å². The SMILES string of the molecule is Cc1[nH]c2c(C#N)cccc2c1[N+](=O)[O-]. The third-order valence-corrected chi connectivity index (χ3v) is 2.29. The zero-order valence-electron chi connectivity index (χ0n) is 7.94. The molecular weight excluding hydrogens is 194 g/mol. The van der Waals surface area contributed by atoms with Gasteiger partial charge in [-0.3, -0.25) is 10.1 Å². The van der Waals surface area contributed by atoms with Crippen molar-refractivity contribution < 1.29 is 4.92 Å². The van der Waals surface area contributed by atoms with E-state index in [1.54, 1.807) is 25.1 Å². The summed E-state index contributed by atoms with van der Waals surface area (Å²) in [5, 5.41) is 20.1. The second-order valence-electron chi connectivity index (χ2n) is 3.20. The molecule has 0 saturated carbocycles. The number of H-pyrrole nitrogens is 1. The highest BCUT2D eigenvalue weighted by Gasteiger charge is 2.19. The minimum Gasteiger partial charge on any atom is -0.352 e. The summed E-state index contributed by atoms with van der Waals surface area (Å²) in [5.41, 5.74) is 1.47. The Morgan fingerprint density at radius 1 is 1.53 bits per heavy atom. The number of nitro groups is 1. The third kappa shape index (κ3) is 1.23. The maximum atomic E-state index is 10.8. The lowest BCUT2D eigenvalue weighted by Crippen LogP contribution is -1.88. The van der Waals surface area contributed by atoms with Crippen LogP contribution in [0.15, 0.2) is 18.2 Å². The van der Waals surface area contributed by atoms with Gasteiger partial charge in [-0.2, -0.15) is 5.26 Å². The molecule has 0 saturated heterocycles. The Bertz CT molecular complexity index is 592. The Morgan fingerprint density at radius 2 is 2.27 bits per heavy atom. The number of nitrogens with zero attached hydrogens (tertiary/aromatic N) is 2. The number of benzene rings is 1. The van der Waals surface area contributed by atoms with E-state index in [1.807, 2.05) is 6.07 Å². The zero-order chi connectivity index (χ0) is 11.0. The van der Waals surface area contributed by atoms with Gasteiger partial charge in [-0.05, 0) is 19.1 Å². The summed E-state index contributed by atoms with van der Waals surface area (Å²) >= 11 is 0. The minimum absolute atomic E-state index is 0.0436. The summed E-state index contributed by atoms with van der Waals surface area (Å²) in [6.07, 6.45) is 0. The first-order chi connectivity index (χ1) is 7.15. The number of fused-ring (bicyclic) bond motifs is 1. The van der Waals surface area contributed by atoms with Gasteiger partial charge in [0, 0.05) is 0 Å². The van der Waals surface area contributed by atoms with Crippen molar-refractivity contribution in [1.82, 2.24) is 4.98 Å². The van der Waals surface area contributed by atoms with Gasteiger partial charge in [0.25, 0.3) is 5.69 Å². The van der Waals surface area contributed by atoms with E-state index in [0.717, 1.165) is 0 Å². The smallest absolute Gasteiger partial charge is 0.297 e. The summed E-state index contributed by atoms with van der Waals surface area (Å²) in [4.78, 5) is 13.2. The molecule has 0 atom stereocenters. The molecule has 1 aromatic heterocycles. The molecule has 2 aromatic rings. The van der Waals surface area contributed by atoms with Crippen LogP contribution in [0.2, 0.25) is 0 Å². The highest BCUT2D eigenvalue weighted by Crippen LogP contribution is 2.30. The number of aromatic nitrogens is 1. The van der Waals surface area contributed by atoms with Gasteiger partial charge < -0.3 is 4.98 Å². The Labute approximate surface area is 85.1 Å². The lowest BCUT2D eigenvalue weighted by molar-refractivity contribution is -0.383. The lowest BCUT2D eigenvalue weighted by Gasteiger charge is -1.91. The molecule has 0 aliphatic heterocycles. The molecule has 0 radical (unpaired) electrons. The van der Waals surface area contributed by atoms with Crippen molar-refractivity contribution in [3.05, 3.63) is 39.6 Å². The van der Waals surface area contributed by atoms with Crippen LogP contribution >= 0.6 is 0 Å². The molecule has 0 amide bonds. The molecule has 5 nitrogen and oxygen atoms in total. The number of hydrogen-bond acceptors (Lipinski definition) is 3. The second-order valence-corrected chi connectivity index (χ2v) is 3.20. The Hall–Kier alpha value is -2.35. The number of nitriles is 1. The highest BCUT2D eigenvalue weighted by molar-refractivity contribution is 5.94. The van der Waals surface area contributed by atoms with E-state index in [0.29, 0.717) is 22.2 Å². The fraction of sp³-hybridized carbons (Fsp3) is 0.100. The summed E-state index contributed by atoms with van der Waals surface area (Å²) in [6, 6.07) is 6.90. The molecule has 0 aliphatic carbocycles. The fourth-order valence-electron chi connectivity index (χ4n) is 1.66. The summed E-state index contributed by atoms with van der Waals surface area (Å²) in [5.74, 6) is 0. The van der Waals surface area contributed by atoms with Gasteiger partial charge in [0.15, 0.2) is 0 Å². The third-order valence-electron chi connectivity index (χ3n) is 2.29. The molecule has 1 aromatic carbocycles. The average molecular weight is 201 g/mol. The van der Waals surface area contributed by atoms with Crippen molar-refractivity contribution in [3.63, 3.8) is 0 Å². The Morgan fingerprint density at radius 3 is 2.87 bits per heavy atom. The van der Waals surface area contributed by atoms with Crippen LogP contribution in [0.1, 0.15) is 11.3 Å². The number of para-hydroxylation sites is 1. The Balaban J connectivity index is 2.92. The largest absolute Gasteiger partial charge is 0.352 e. The van der Waals surface area contributed by atoms with Gasteiger partial charge in [0.2, 0.25) is 0 Å². The molecule has 0 aliphatic rings. The van der Waals surface area contributed by atoms with E-state index in [1.165, 1.54) is 0 Å². The van der Waals surface area contributed by atoms with Crippen LogP contribution in [0.5, 0.6) is 0 Å². The molecule has 2 rings (SSSR count). The standard InChI is InChI=1S/C10H7N3O2/c1-6-10(13(14)15)8-4-2-3-7(5-11)9(8)12-6/h2-4,12H,1H3. The minimum atomic E-state index is -0.435. The predicted octanol–water partition coefficient (Wildman–Crippen LogP) is 2.26. The molecule has 0 bridgehead atoms. The summed E-state index contributed by atoms with van der Waals surface area (Å²) < 4.78 is 0. The first-order valence-electron chi connectivity index (χ1n) is 4.31. The molecule has 0 fully saturated rings. The quantitative estimate of drug-likeness (QED) is 0.567. The first-order valence-corrected chi connectivity index (χ1v) is 4.31. The molecule has 15 heavy (non-hydrogen) atoms. The van der Waals surface area contributed by atoms with E-state index in [-0.39, 0.29) is 5.69 Å². The zero-order valence-corrected chi connectivity index (χ0v) is 7.94. The first kappa shape index (κ1) is 9.21. The summed E-state index contributed by atoms with van der Waals surface area (Å²) in [6.45, 7) is 1.62. The van der Waals surface area contributed by atoms with Gasteiger partial charge in [0.05, 0.1) is 27.1 Å². The van der Waals surface area contributed by atoms with E-state index >= 15 is 0 Å². The lowest BCUT2D eigenvalue weighted by atomic mass is 10.1. The Kier molecular flexibility index (Phi) is 1.90. The number of nitrogens with one attached hydrogen (secondary N) is 1. The molecule has 1 heterocycles. The average Bonchev–Trinajstić information content (AvgIpc) is 2.53. The van der Waals surface area contributed by atoms with E-state index < -0.39 is 4.92 Å². The van der Waals surface area contributed by atoms with Crippen molar-refractivity contribution >= 4 is 16.6 Å². The molecule has 0 spiro atoms. The van der Waals surface area contributed by atoms with Crippen LogP contribution in [0.3, 0.4) is 0 Å². The van der Waals surface area contributed by atoms with Crippen molar-refractivity contribution in [2.75, 3.05) is 0 Å². The normalized spacial score (nSPS) is 10.1. The van der Waals surface area contributed by atoms with Crippen molar-refractivity contribution in [3.8, 4) is 6.07 Å². The van der Waals surface area contributed by atoms with Crippen LogP contribution in [0.25, 0.3) is 10.9 Å². The maximum absolute atomic E-state index is 10.8. The predicted molar refractivity (Wildman–Crippen MR) is 54.4 cm³/mol.